The number of aryl methyl sites for hydroxylation is 1. The minimum Gasteiger partial charge on any atom is -0.458 e. The monoisotopic (exact) mass is 338 g/mol. The van der Waals surface area contributed by atoms with E-state index in [1.165, 1.54) is 0 Å². The van der Waals surface area contributed by atoms with Gasteiger partial charge in [0.2, 0.25) is 0 Å². The molecule has 0 unspecified atom stereocenters. The van der Waals surface area contributed by atoms with Crippen LogP contribution in [0.15, 0.2) is 40.8 Å². The van der Waals surface area contributed by atoms with Gasteiger partial charge in [-0.05, 0) is 36.8 Å². The van der Waals surface area contributed by atoms with Crippen molar-refractivity contribution in [1.29, 1.82) is 0 Å². The maximum atomic E-state index is 6.26. The van der Waals surface area contributed by atoms with Gasteiger partial charge in [-0.15, -0.1) is 0 Å². The molecule has 0 N–H and O–H groups in total. The first-order chi connectivity index (χ1) is 10.0. The van der Waals surface area contributed by atoms with Gasteiger partial charge in [0.1, 0.15) is 16.1 Å². The van der Waals surface area contributed by atoms with E-state index in [2.05, 4.69) is 9.97 Å². The molecule has 0 aliphatic rings. The number of benzene rings is 1. The smallest absolute Gasteiger partial charge is 0.198 e. The van der Waals surface area contributed by atoms with Crippen molar-refractivity contribution >= 4 is 34.8 Å². The van der Waals surface area contributed by atoms with Crippen LogP contribution in [-0.2, 0) is 0 Å². The number of aromatic nitrogens is 2. The summed E-state index contributed by atoms with van der Waals surface area (Å²) in [6.07, 6.45) is 0. The van der Waals surface area contributed by atoms with E-state index in [9.17, 15) is 0 Å². The predicted octanol–water partition coefficient (Wildman–Crippen LogP) is 5.67. The number of hydrogen-bond donors (Lipinski definition) is 0. The van der Waals surface area contributed by atoms with E-state index < -0.39 is 0 Å². The van der Waals surface area contributed by atoms with Crippen LogP contribution >= 0.6 is 34.8 Å². The van der Waals surface area contributed by atoms with Gasteiger partial charge in [-0.1, -0.05) is 46.9 Å². The molecule has 106 valence electrons. The first-order valence-corrected chi connectivity index (χ1v) is 7.24. The zero-order valence-electron chi connectivity index (χ0n) is 10.9. The van der Waals surface area contributed by atoms with Crippen LogP contribution in [-0.4, -0.2) is 9.97 Å². The summed E-state index contributed by atoms with van der Waals surface area (Å²) in [6.45, 7) is 1.84. The van der Waals surface area contributed by atoms with Gasteiger partial charge in [0, 0.05) is 5.02 Å². The standard InChI is InChI=1S/C15H9Cl3N2O/c1-8-5-6-11(21-8)15-19-13(17)12(14(18)20-15)9-3-2-4-10(16)7-9/h2-7H,1H3. The molecule has 0 radical (unpaired) electrons. The third kappa shape index (κ3) is 2.91. The maximum Gasteiger partial charge on any atom is 0.198 e. The molecule has 0 bridgehead atoms. The number of halogens is 3. The Balaban J connectivity index is 2.12. The van der Waals surface area contributed by atoms with Crippen molar-refractivity contribution in [3.8, 4) is 22.7 Å². The second-order valence-electron chi connectivity index (χ2n) is 4.42. The fraction of sp³-hybridized carbons (Fsp3) is 0.0667. The second kappa shape index (κ2) is 5.68. The van der Waals surface area contributed by atoms with Crippen molar-refractivity contribution in [3.63, 3.8) is 0 Å². The average Bonchev–Trinajstić information content (AvgIpc) is 2.85. The number of nitrogens with zero attached hydrogens (tertiary/aromatic N) is 2. The highest BCUT2D eigenvalue weighted by atomic mass is 35.5. The summed E-state index contributed by atoms with van der Waals surface area (Å²) in [7, 11) is 0. The zero-order valence-corrected chi connectivity index (χ0v) is 13.2. The minimum atomic E-state index is 0.251. The lowest BCUT2D eigenvalue weighted by Crippen LogP contribution is -1.94. The van der Waals surface area contributed by atoms with Crippen molar-refractivity contribution in [1.82, 2.24) is 9.97 Å². The quantitative estimate of drug-likeness (QED) is 0.564. The molecule has 2 aromatic heterocycles. The van der Waals surface area contributed by atoms with Gasteiger partial charge in [-0.2, -0.15) is 0 Å². The van der Waals surface area contributed by atoms with Crippen LogP contribution in [0, 0.1) is 6.92 Å². The van der Waals surface area contributed by atoms with Gasteiger partial charge in [-0.3, -0.25) is 0 Å². The lowest BCUT2D eigenvalue weighted by molar-refractivity contribution is 0.544. The summed E-state index contributed by atoms with van der Waals surface area (Å²) in [6, 6.07) is 10.8. The highest BCUT2D eigenvalue weighted by Crippen LogP contribution is 2.35. The van der Waals surface area contributed by atoms with E-state index >= 15 is 0 Å². The Morgan fingerprint density at radius 3 is 2.24 bits per heavy atom. The molecule has 0 aliphatic carbocycles. The van der Waals surface area contributed by atoms with Crippen molar-refractivity contribution in [2.45, 2.75) is 6.92 Å². The molecule has 0 spiro atoms. The Labute approximate surface area is 136 Å². The van der Waals surface area contributed by atoms with E-state index in [1.807, 2.05) is 25.1 Å². The Bertz CT molecular complexity index is 791. The normalized spacial score (nSPS) is 10.9. The summed E-state index contributed by atoms with van der Waals surface area (Å²) < 4.78 is 5.48. The van der Waals surface area contributed by atoms with Gasteiger partial charge < -0.3 is 4.42 Å². The van der Waals surface area contributed by atoms with Crippen LogP contribution < -0.4 is 0 Å². The third-order valence-electron chi connectivity index (χ3n) is 2.89. The van der Waals surface area contributed by atoms with E-state index in [-0.39, 0.29) is 10.3 Å². The van der Waals surface area contributed by atoms with E-state index in [1.54, 1.807) is 18.2 Å². The van der Waals surface area contributed by atoms with Crippen LogP contribution in [0.4, 0.5) is 0 Å². The summed E-state index contributed by atoms with van der Waals surface area (Å²) in [4.78, 5) is 8.51. The molecule has 1 aromatic carbocycles. The minimum absolute atomic E-state index is 0.251. The van der Waals surface area contributed by atoms with Crippen LogP contribution in [0.25, 0.3) is 22.7 Å². The maximum absolute atomic E-state index is 6.26. The highest BCUT2D eigenvalue weighted by Gasteiger charge is 2.16. The molecule has 2 heterocycles. The molecule has 0 saturated heterocycles. The van der Waals surface area contributed by atoms with Gasteiger partial charge in [0.25, 0.3) is 0 Å². The Kier molecular flexibility index (Phi) is 3.89. The predicted molar refractivity (Wildman–Crippen MR) is 84.9 cm³/mol. The molecule has 0 fully saturated rings. The van der Waals surface area contributed by atoms with Crippen molar-refractivity contribution in [3.05, 3.63) is 57.5 Å². The number of furan rings is 1. The van der Waals surface area contributed by atoms with Crippen molar-refractivity contribution in [2.24, 2.45) is 0 Å². The summed E-state index contributed by atoms with van der Waals surface area (Å²) in [5.74, 6) is 1.64. The van der Waals surface area contributed by atoms with Crippen LogP contribution in [0.1, 0.15) is 5.76 Å². The average molecular weight is 340 g/mol. The van der Waals surface area contributed by atoms with Crippen LogP contribution in [0.2, 0.25) is 15.3 Å². The Morgan fingerprint density at radius 2 is 1.67 bits per heavy atom. The number of rotatable bonds is 2. The lowest BCUT2D eigenvalue weighted by atomic mass is 10.1. The molecular formula is C15H9Cl3N2O. The molecule has 21 heavy (non-hydrogen) atoms. The van der Waals surface area contributed by atoms with Crippen LogP contribution in [0.5, 0.6) is 0 Å². The molecule has 0 saturated carbocycles. The SMILES string of the molecule is Cc1ccc(-c2nc(Cl)c(-c3cccc(Cl)c3)c(Cl)n2)o1. The largest absolute Gasteiger partial charge is 0.458 e. The molecular weight excluding hydrogens is 331 g/mol. The second-order valence-corrected chi connectivity index (χ2v) is 5.58. The fourth-order valence-corrected chi connectivity index (χ4v) is 2.75. The highest BCUT2D eigenvalue weighted by molar-refractivity contribution is 6.38. The Hall–Kier alpha value is -1.55. The molecule has 0 amide bonds. The Morgan fingerprint density at radius 1 is 0.952 bits per heavy atom. The van der Waals surface area contributed by atoms with E-state index in [0.717, 1.165) is 11.3 Å². The van der Waals surface area contributed by atoms with Gasteiger partial charge in [0.05, 0.1) is 5.56 Å². The van der Waals surface area contributed by atoms with Crippen molar-refractivity contribution < 1.29 is 4.42 Å². The number of hydrogen-bond acceptors (Lipinski definition) is 3. The van der Waals surface area contributed by atoms with Gasteiger partial charge in [-0.25, -0.2) is 9.97 Å². The molecule has 6 heteroatoms. The molecule has 3 rings (SSSR count). The lowest BCUT2D eigenvalue weighted by Gasteiger charge is -2.08. The summed E-state index contributed by atoms with van der Waals surface area (Å²) in [5.41, 5.74) is 1.31. The van der Waals surface area contributed by atoms with Crippen LogP contribution in [0.3, 0.4) is 0 Å². The first-order valence-electron chi connectivity index (χ1n) is 6.10. The van der Waals surface area contributed by atoms with E-state index in [4.69, 9.17) is 39.2 Å². The first kappa shape index (κ1) is 14.4. The molecule has 0 atom stereocenters. The van der Waals surface area contributed by atoms with Gasteiger partial charge in [0.15, 0.2) is 11.6 Å². The van der Waals surface area contributed by atoms with Crippen molar-refractivity contribution in [2.75, 3.05) is 0 Å². The van der Waals surface area contributed by atoms with E-state index in [0.29, 0.717) is 22.2 Å². The fourth-order valence-electron chi connectivity index (χ4n) is 1.95. The molecule has 3 nitrogen and oxygen atoms in total. The zero-order chi connectivity index (χ0) is 15.0. The molecule has 3 aromatic rings. The summed E-state index contributed by atoms with van der Waals surface area (Å²) >= 11 is 18.5. The molecule has 0 aliphatic heterocycles. The van der Waals surface area contributed by atoms with Gasteiger partial charge >= 0.3 is 0 Å². The third-order valence-corrected chi connectivity index (χ3v) is 3.68. The topological polar surface area (TPSA) is 38.9 Å². The summed E-state index contributed by atoms with van der Waals surface area (Å²) in [5, 5.41) is 1.09.